The van der Waals surface area contributed by atoms with E-state index < -0.39 is 0 Å². The standard InChI is InChI=1S/C20H24N6O2/c1-14-13-22-9-10-26(14)19-20(24-8-7-23-19)28-12-11-27-16-4-2-3-15-5-6-17(21)25-18(15)16/h2-8,14,22H,9-13H2,1H3,(H2,21,25)/t14-/m1/s1/i11+2,12+2. The van der Waals surface area contributed by atoms with Gasteiger partial charge in [-0.2, -0.15) is 0 Å². The largest absolute Gasteiger partial charge is 0.488 e. The quantitative estimate of drug-likeness (QED) is 0.622. The Morgan fingerprint density at radius 1 is 1.14 bits per heavy atom. The predicted molar refractivity (Wildman–Crippen MR) is 109 cm³/mol. The summed E-state index contributed by atoms with van der Waals surface area (Å²) in [5.41, 5.74) is 6.55. The van der Waals surface area contributed by atoms with E-state index in [2.05, 4.69) is 32.1 Å². The zero-order valence-corrected chi connectivity index (χ0v) is 15.8. The van der Waals surface area contributed by atoms with Crippen LogP contribution in [0.3, 0.4) is 0 Å². The van der Waals surface area contributed by atoms with Crippen molar-refractivity contribution in [3.8, 4) is 11.6 Å². The van der Waals surface area contributed by atoms with Gasteiger partial charge in [0, 0.05) is 43.5 Å². The first kappa shape index (κ1) is 18.2. The van der Waals surface area contributed by atoms with Crippen LogP contribution in [0.4, 0.5) is 11.6 Å². The molecule has 3 aromatic rings. The minimum atomic E-state index is 0.330. The Hall–Kier alpha value is -3.13. The van der Waals surface area contributed by atoms with Crippen LogP contribution >= 0.6 is 0 Å². The van der Waals surface area contributed by atoms with Crippen molar-refractivity contribution in [2.45, 2.75) is 13.0 Å². The number of fused-ring (bicyclic) bond motifs is 1. The molecule has 0 amide bonds. The summed E-state index contributed by atoms with van der Waals surface area (Å²) >= 11 is 0. The van der Waals surface area contributed by atoms with Gasteiger partial charge in [-0.05, 0) is 25.1 Å². The number of pyridine rings is 1. The monoisotopic (exact) mass is 384 g/mol. The molecule has 0 unspecified atom stereocenters. The minimum Gasteiger partial charge on any atom is -0.488 e. The topological polar surface area (TPSA) is 98.4 Å². The summed E-state index contributed by atoms with van der Waals surface area (Å²) in [5.74, 6) is 2.45. The maximum Gasteiger partial charge on any atom is 0.257 e. The Bertz CT molecular complexity index is 951. The number of hydrogen-bond acceptors (Lipinski definition) is 8. The molecule has 8 heteroatoms. The first-order valence-corrected chi connectivity index (χ1v) is 9.41. The van der Waals surface area contributed by atoms with Gasteiger partial charge in [-0.15, -0.1) is 0 Å². The molecule has 1 aliphatic heterocycles. The molecule has 1 saturated heterocycles. The number of benzene rings is 1. The van der Waals surface area contributed by atoms with Crippen LogP contribution in [0.2, 0.25) is 0 Å². The zero-order chi connectivity index (χ0) is 19.3. The number of para-hydroxylation sites is 1. The number of nitrogens with zero attached hydrogens (tertiary/aromatic N) is 4. The molecule has 28 heavy (non-hydrogen) atoms. The molecule has 1 aliphatic rings. The summed E-state index contributed by atoms with van der Waals surface area (Å²) in [6, 6.07) is 9.83. The molecule has 1 atom stereocenters. The van der Waals surface area contributed by atoms with E-state index in [1.54, 1.807) is 18.5 Å². The second kappa shape index (κ2) is 8.26. The van der Waals surface area contributed by atoms with Crippen LogP contribution in [-0.4, -0.2) is 53.8 Å². The van der Waals surface area contributed by atoms with Crippen LogP contribution in [0.15, 0.2) is 42.7 Å². The van der Waals surface area contributed by atoms with Crippen molar-refractivity contribution < 1.29 is 9.47 Å². The Labute approximate surface area is 163 Å². The summed E-state index contributed by atoms with van der Waals surface area (Å²) in [4.78, 5) is 15.4. The first-order valence-electron chi connectivity index (χ1n) is 9.41. The lowest BCUT2D eigenvalue weighted by Crippen LogP contribution is -2.50. The minimum absolute atomic E-state index is 0.330. The number of hydrogen-bond donors (Lipinski definition) is 2. The molecular weight excluding hydrogens is 360 g/mol. The second-order valence-electron chi connectivity index (χ2n) is 6.69. The highest BCUT2D eigenvalue weighted by Gasteiger charge is 2.23. The van der Waals surface area contributed by atoms with Crippen LogP contribution < -0.4 is 25.4 Å². The van der Waals surface area contributed by atoms with E-state index in [0.717, 1.165) is 36.4 Å². The number of nitrogen functional groups attached to an aromatic ring is 1. The van der Waals surface area contributed by atoms with Gasteiger partial charge in [0.05, 0.1) is 0 Å². The van der Waals surface area contributed by atoms with Crippen molar-refractivity contribution >= 4 is 22.5 Å². The molecule has 2 aromatic heterocycles. The number of piperazine rings is 1. The van der Waals surface area contributed by atoms with E-state index >= 15 is 0 Å². The van der Waals surface area contributed by atoms with Gasteiger partial charge in [-0.25, -0.2) is 15.0 Å². The van der Waals surface area contributed by atoms with Crippen molar-refractivity contribution in [1.29, 1.82) is 0 Å². The smallest absolute Gasteiger partial charge is 0.257 e. The lowest BCUT2D eigenvalue weighted by atomic mass is 10.2. The van der Waals surface area contributed by atoms with E-state index in [0.29, 0.717) is 36.7 Å². The van der Waals surface area contributed by atoms with Crippen molar-refractivity contribution in [1.82, 2.24) is 20.3 Å². The zero-order valence-electron chi connectivity index (χ0n) is 15.8. The second-order valence-corrected chi connectivity index (χ2v) is 6.69. The first-order chi connectivity index (χ1) is 13.7. The van der Waals surface area contributed by atoms with Gasteiger partial charge in [-0.3, -0.25) is 0 Å². The molecule has 3 heterocycles. The fraction of sp³-hybridized carbons (Fsp3) is 0.350. The fourth-order valence-electron chi connectivity index (χ4n) is 3.31. The fourth-order valence-corrected chi connectivity index (χ4v) is 3.31. The van der Waals surface area contributed by atoms with E-state index in [-0.39, 0.29) is 0 Å². The summed E-state index contributed by atoms with van der Waals surface area (Å²) in [6.07, 6.45) is 3.34. The van der Waals surface area contributed by atoms with E-state index in [9.17, 15) is 0 Å². The molecule has 1 aromatic carbocycles. The molecule has 0 spiro atoms. The summed E-state index contributed by atoms with van der Waals surface area (Å²) in [6.45, 7) is 5.58. The maximum absolute atomic E-state index is 5.89. The van der Waals surface area contributed by atoms with E-state index in [4.69, 9.17) is 15.2 Å². The molecule has 0 radical (unpaired) electrons. The van der Waals surface area contributed by atoms with Gasteiger partial charge in [-0.1, -0.05) is 12.1 Å². The van der Waals surface area contributed by atoms with Gasteiger partial charge >= 0.3 is 0 Å². The normalized spacial score (nSPS) is 16.9. The Morgan fingerprint density at radius 3 is 2.89 bits per heavy atom. The Kier molecular flexibility index (Phi) is 5.38. The Balaban J connectivity index is 1.41. The third kappa shape index (κ3) is 3.91. The molecular formula is C20H24N6O2. The number of anilines is 2. The number of ether oxygens (including phenoxy) is 2. The molecule has 1 fully saturated rings. The highest BCUT2D eigenvalue weighted by atomic mass is 16.8. The lowest BCUT2D eigenvalue weighted by molar-refractivity contribution is 0.212. The van der Waals surface area contributed by atoms with E-state index in [1.807, 2.05) is 24.3 Å². The highest BCUT2D eigenvalue weighted by Crippen LogP contribution is 2.26. The summed E-state index contributed by atoms with van der Waals surface area (Å²) in [5, 5.41) is 4.36. The van der Waals surface area contributed by atoms with Gasteiger partial charge in [0.1, 0.15) is 30.3 Å². The SMILES string of the molecule is C[C@@H]1CNCCN1c1nccnc1O[14CH2][14CH2]Oc1cccc2ccc(N)nc12. The third-order valence-corrected chi connectivity index (χ3v) is 4.70. The maximum atomic E-state index is 5.89. The van der Waals surface area contributed by atoms with Crippen LogP contribution in [-0.2, 0) is 0 Å². The van der Waals surface area contributed by atoms with Crippen LogP contribution in [0.25, 0.3) is 10.9 Å². The van der Waals surface area contributed by atoms with Gasteiger partial charge in [0.2, 0.25) is 0 Å². The van der Waals surface area contributed by atoms with Crippen LogP contribution in [0.1, 0.15) is 6.92 Å². The lowest BCUT2D eigenvalue weighted by Gasteiger charge is -2.35. The van der Waals surface area contributed by atoms with Gasteiger partial charge < -0.3 is 25.4 Å². The number of aromatic nitrogens is 3. The van der Waals surface area contributed by atoms with Crippen molar-refractivity contribution in [3.63, 3.8) is 0 Å². The molecule has 4 rings (SSSR count). The average molecular weight is 384 g/mol. The van der Waals surface area contributed by atoms with Gasteiger partial charge in [0.15, 0.2) is 5.82 Å². The molecule has 0 saturated carbocycles. The molecule has 0 bridgehead atoms. The summed E-state index contributed by atoms with van der Waals surface area (Å²) < 4.78 is 11.8. The van der Waals surface area contributed by atoms with Crippen molar-refractivity contribution in [3.05, 3.63) is 42.7 Å². The molecule has 146 valence electrons. The summed E-state index contributed by atoms with van der Waals surface area (Å²) in [7, 11) is 0. The molecule has 0 aliphatic carbocycles. The number of nitrogens with one attached hydrogen (secondary N) is 1. The molecule has 3 N–H and O–H groups in total. The Morgan fingerprint density at radius 2 is 2.00 bits per heavy atom. The van der Waals surface area contributed by atoms with E-state index in [1.165, 1.54) is 0 Å². The highest BCUT2D eigenvalue weighted by molar-refractivity contribution is 5.85. The van der Waals surface area contributed by atoms with Crippen molar-refractivity contribution in [2.24, 2.45) is 0 Å². The number of rotatable bonds is 6. The average Bonchev–Trinajstić information content (AvgIpc) is 2.72. The van der Waals surface area contributed by atoms with Gasteiger partial charge in [0.25, 0.3) is 5.88 Å². The number of nitrogens with two attached hydrogens (primary N) is 1. The van der Waals surface area contributed by atoms with Crippen LogP contribution in [0.5, 0.6) is 11.6 Å². The van der Waals surface area contributed by atoms with Crippen molar-refractivity contribution in [2.75, 3.05) is 43.5 Å². The molecule has 8 nitrogen and oxygen atoms in total. The third-order valence-electron chi connectivity index (χ3n) is 4.70. The van der Waals surface area contributed by atoms with Crippen LogP contribution in [0, 0.1) is 0 Å². The predicted octanol–water partition coefficient (Wildman–Crippen LogP) is 1.86.